The van der Waals surface area contributed by atoms with Crippen LogP contribution in [0.15, 0.2) is 18.2 Å². The van der Waals surface area contributed by atoms with E-state index in [2.05, 4.69) is 18.7 Å². The van der Waals surface area contributed by atoms with Gasteiger partial charge in [-0.1, -0.05) is 17.7 Å². The van der Waals surface area contributed by atoms with Crippen LogP contribution in [-0.4, -0.2) is 24.3 Å². The van der Waals surface area contributed by atoms with Crippen LogP contribution in [0, 0.1) is 0 Å². The van der Waals surface area contributed by atoms with Gasteiger partial charge in [-0.3, -0.25) is 0 Å². The van der Waals surface area contributed by atoms with Crippen LogP contribution < -0.4 is 10.6 Å². The predicted octanol–water partition coefficient (Wildman–Crippen LogP) is 2.40. The summed E-state index contributed by atoms with van der Waals surface area (Å²) in [6, 6.07) is 6.26. The van der Waals surface area contributed by atoms with Gasteiger partial charge in [-0.25, -0.2) is 0 Å². The molecule has 0 atom stereocenters. The molecule has 0 bridgehead atoms. The smallest absolute Gasteiger partial charge is 0.0642 e. The van der Waals surface area contributed by atoms with Crippen molar-refractivity contribution in [1.82, 2.24) is 0 Å². The molecule has 0 fully saturated rings. The van der Waals surface area contributed by atoms with E-state index in [0.29, 0.717) is 12.6 Å². The Bertz CT molecular complexity index is 355. The molecule has 17 heavy (non-hydrogen) atoms. The summed E-state index contributed by atoms with van der Waals surface area (Å²) < 4.78 is 0. The van der Waals surface area contributed by atoms with Crippen molar-refractivity contribution in [3.63, 3.8) is 0 Å². The molecular weight excluding hydrogens is 236 g/mol. The molecule has 3 N–H and O–H groups in total. The average molecular weight is 257 g/mol. The first-order valence-corrected chi connectivity index (χ1v) is 6.34. The molecule has 1 aromatic carbocycles. The van der Waals surface area contributed by atoms with Crippen LogP contribution in [-0.2, 0) is 6.54 Å². The number of benzene rings is 1. The standard InChI is InChI=1S/C13H21ClN2O/c1-10(2)16(6-3-7-17)13-5-4-11(9-15)8-12(13)14/h4-5,8,10,17H,3,6-7,9,15H2,1-2H3. The number of hydrogen-bond acceptors (Lipinski definition) is 3. The molecule has 0 aliphatic rings. The van der Waals surface area contributed by atoms with Gasteiger partial charge in [0.1, 0.15) is 0 Å². The minimum absolute atomic E-state index is 0.196. The van der Waals surface area contributed by atoms with E-state index in [0.717, 1.165) is 29.2 Å². The molecule has 0 aliphatic heterocycles. The van der Waals surface area contributed by atoms with E-state index in [4.69, 9.17) is 22.4 Å². The fourth-order valence-electron chi connectivity index (χ4n) is 1.81. The Labute approximate surface area is 108 Å². The minimum Gasteiger partial charge on any atom is -0.396 e. The second-order valence-corrected chi connectivity index (χ2v) is 4.76. The molecule has 1 rings (SSSR count). The number of nitrogens with two attached hydrogens (primary N) is 1. The van der Waals surface area contributed by atoms with Crippen LogP contribution in [0.25, 0.3) is 0 Å². The van der Waals surface area contributed by atoms with Crippen molar-refractivity contribution in [2.75, 3.05) is 18.1 Å². The zero-order valence-electron chi connectivity index (χ0n) is 10.5. The van der Waals surface area contributed by atoms with Crippen LogP contribution in [0.3, 0.4) is 0 Å². The van der Waals surface area contributed by atoms with Crippen molar-refractivity contribution < 1.29 is 5.11 Å². The highest BCUT2D eigenvalue weighted by molar-refractivity contribution is 6.33. The third-order valence-corrected chi connectivity index (χ3v) is 3.04. The van der Waals surface area contributed by atoms with Gasteiger partial charge in [0.05, 0.1) is 10.7 Å². The summed E-state index contributed by atoms with van der Waals surface area (Å²) in [4.78, 5) is 2.19. The molecule has 3 nitrogen and oxygen atoms in total. The number of rotatable bonds is 6. The lowest BCUT2D eigenvalue weighted by atomic mass is 10.1. The van der Waals surface area contributed by atoms with E-state index in [9.17, 15) is 0 Å². The second kappa shape index (κ2) is 6.84. The van der Waals surface area contributed by atoms with Gasteiger partial charge >= 0.3 is 0 Å². The normalized spacial score (nSPS) is 10.9. The van der Waals surface area contributed by atoms with E-state index in [1.165, 1.54) is 0 Å². The number of aliphatic hydroxyl groups is 1. The van der Waals surface area contributed by atoms with Crippen LogP contribution in [0.2, 0.25) is 5.02 Å². The maximum Gasteiger partial charge on any atom is 0.0642 e. The van der Waals surface area contributed by atoms with Crippen molar-refractivity contribution >= 4 is 17.3 Å². The summed E-state index contributed by atoms with van der Waals surface area (Å²) in [5.74, 6) is 0. The van der Waals surface area contributed by atoms with E-state index in [1.54, 1.807) is 0 Å². The van der Waals surface area contributed by atoms with Gasteiger partial charge in [0, 0.05) is 25.7 Å². The maximum atomic E-state index is 8.92. The van der Waals surface area contributed by atoms with Gasteiger partial charge in [0.15, 0.2) is 0 Å². The molecule has 1 aromatic rings. The summed E-state index contributed by atoms with van der Waals surface area (Å²) in [5, 5.41) is 9.64. The van der Waals surface area contributed by atoms with Crippen LogP contribution in [0.1, 0.15) is 25.8 Å². The molecule has 0 spiro atoms. The number of aliphatic hydroxyl groups excluding tert-OH is 1. The van der Waals surface area contributed by atoms with Crippen molar-refractivity contribution in [1.29, 1.82) is 0 Å². The number of halogens is 1. The van der Waals surface area contributed by atoms with E-state index >= 15 is 0 Å². The van der Waals surface area contributed by atoms with E-state index in [-0.39, 0.29) is 6.61 Å². The first-order valence-electron chi connectivity index (χ1n) is 5.96. The molecular formula is C13H21ClN2O. The fourth-order valence-corrected chi connectivity index (χ4v) is 2.12. The molecule has 0 heterocycles. The fraction of sp³-hybridized carbons (Fsp3) is 0.538. The molecule has 0 unspecified atom stereocenters. The van der Waals surface area contributed by atoms with Crippen molar-refractivity contribution in [3.8, 4) is 0 Å². The van der Waals surface area contributed by atoms with Crippen LogP contribution in [0.5, 0.6) is 0 Å². The Kier molecular flexibility index (Phi) is 5.75. The number of nitrogens with zero attached hydrogens (tertiary/aromatic N) is 1. The Morgan fingerprint density at radius 1 is 1.41 bits per heavy atom. The van der Waals surface area contributed by atoms with Gasteiger partial charge in [0.25, 0.3) is 0 Å². The Balaban J connectivity index is 2.93. The van der Waals surface area contributed by atoms with Crippen molar-refractivity contribution in [2.45, 2.75) is 32.9 Å². The molecule has 4 heteroatoms. The van der Waals surface area contributed by atoms with Crippen LogP contribution >= 0.6 is 11.6 Å². The highest BCUT2D eigenvalue weighted by Crippen LogP contribution is 2.28. The third kappa shape index (κ3) is 3.87. The summed E-state index contributed by atoms with van der Waals surface area (Å²) in [7, 11) is 0. The monoisotopic (exact) mass is 256 g/mol. The van der Waals surface area contributed by atoms with E-state index < -0.39 is 0 Å². The predicted molar refractivity (Wildman–Crippen MR) is 73.5 cm³/mol. The SMILES string of the molecule is CC(C)N(CCCO)c1ccc(CN)cc1Cl. The quantitative estimate of drug-likeness (QED) is 0.822. The minimum atomic E-state index is 0.196. The third-order valence-electron chi connectivity index (χ3n) is 2.74. The molecule has 0 radical (unpaired) electrons. The number of hydrogen-bond donors (Lipinski definition) is 2. The highest BCUT2D eigenvalue weighted by atomic mass is 35.5. The van der Waals surface area contributed by atoms with Gasteiger partial charge in [-0.2, -0.15) is 0 Å². The molecule has 0 saturated heterocycles. The first-order chi connectivity index (χ1) is 8.10. The van der Waals surface area contributed by atoms with Crippen LogP contribution in [0.4, 0.5) is 5.69 Å². The van der Waals surface area contributed by atoms with Gasteiger partial charge < -0.3 is 15.7 Å². The molecule has 0 aromatic heterocycles. The van der Waals surface area contributed by atoms with E-state index in [1.807, 2.05) is 18.2 Å². The molecule has 0 amide bonds. The zero-order chi connectivity index (χ0) is 12.8. The molecule has 96 valence electrons. The molecule has 0 aliphatic carbocycles. The van der Waals surface area contributed by atoms with Gasteiger partial charge in [-0.15, -0.1) is 0 Å². The van der Waals surface area contributed by atoms with Crippen molar-refractivity contribution in [3.05, 3.63) is 28.8 Å². The Morgan fingerprint density at radius 2 is 2.12 bits per heavy atom. The average Bonchev–Trinajstić information content (AvgIpc) is 2.30. The Morgan fingerprint density at radius 3 is 2.59 bits per heavy atom. The zero-order valence-corrected chi connectivity index (χ0v) is 11.2. The topological polar surface area (TPSA) is 49.5 Å². The summed E-state index contributed by atoms with van der Waals surface area (Å²) in [6.07, 6.45) is 0.743. The largest absolute Gasteiger partial charge is 0.396 e. The maximum absolute atomic E-state index is 8.92. The molecule has 0 saturated carbocycles. The summed E-state index contributed by atoms with van der Waals surface area (Å²) >= 11 is 6.27. The second-order valence-electron chi connectivity index (χ2n) is 4.35. The lowest BCUT2D eigenvalue weighted by molar-refractivity contribution is 0.288. The Hall–Kier alpha value is -0.770. The first kappa shape index (κ1) is 14.3. The summed E-state index contributed by atoms with van der Waals surface area (Å²) in [6.45, 7) is 5.73. The van der Waals surface area contributed by atoms with Gasteiger partial charge in [0.2, 0.25) is 0 Å². The highest BCUT2D eigenvalue weighted by Gasteiger charge is 2.13. The lowest BCUT2D eigenvalue weighted by Gasteiger charge is -2.30. The summed E-state index contributed by atoms with van der Waals surface area (Å²) in [5.41, 5.74) is 7.62. The van der Waals surface area contributed by atoms with Gasteiger partial charge in [-0.05, 0) is 38.0 Å². The lowest BCUT2D eigenvalue weighted by Crippen LogP contribution is -2.32. The number of anilines is 1. The van der Waals surface area contributed by atoms with Crippen molar-refractivity contribution in [2.24, 2.45) is 5.73 Å².